The number of ether oxygens (including phenoxy) is 1. The van der Waals surface area contributed by atoms with E-state index < -0.39 is 24.2 Å². The second-order valence-corrected chi connectivity index (χ2v) is 10.6. The second-order valence-electron chi connectivity index (χ2n) is 10.6. The summed E-state index contributed by atoms with van der Waals surface area (Å²) in [7, 11) is 1.70. The maximum Gasteiger partial charge on any atom is 0.306 e. The maximum atomic E-state index is 13.5. The van der Waals surface area contributed by atoms with Gasteiger partial charge < -0.3 is 30.9 Å². The van der Waals surface area contributed by atoms with Crippen LogP contribution in [0, 0.1) is 0 Å². The molecule has 11 nitrogen and oxygen atoms in total. The zero-order valence-electron chi connectivity index (χ0n) is 22.7. The molecular formula is C28H39N5O6. The van der Waals surface area contributed by atoms with Crippen LogP contribution in [0.3, 0.4) is 0 Å². The highest BCUT2D eigenvalue weighted by Gasteiger charge is 2.43. The lowest BCUT2D eigenvalue weighted by Crippen LogP contribution is -2.57. The molecule has 0 aliphatic carbocycles. The van der Waals surface area contributed by atoms with Crippen LogP contribution < -0.4 is 21.3 Å². The van der Waals surface area contributed by atoms with Crippen molar-refractivity contribution in [2.45, 2.75) is 102 Å². The molecule has 4 N–H and O–H groups in total. The molecule has 4 rings (SSSR count). The van der Waals surface area contributed by atoms with E-state index in [1.54, 1.807) is 18.9 Å². The van der Waals surface area contributed by atoms with Crippen LogP contribution in [-0.2, 0) is 41.8 Å². The first-order chi connectivity index (χ1) is 18.8. The molecule has 0 saturated carbocycles. The minimum absolute atomic E-state index is 0.000700. The Balaban J connectivity index is 1.34. The van der Waals surface area contributed by atoms with Gasteiger partial charge in [-0.3, -0.25) is 24.0 Å². The van der Waals surface area contributed by atoms with Crippen molar-refractivity contribution in [1.82, 2.24) is 26.2 Å². The first kappa shape index (κ1) is 28.5. The van der Waals surface area contributed by atoms with Crippen molar-refractivity contribution in [2.24, 2.45) is 0 Å². The van der Waals surface area contributed by atoms with Crippen LogP contribution in [0.2, 0.25) is 0 Å². The number of likely N-dealkylation sites (N-methyl/N-ethyl adjacent to an activating group) is 1. The quantitative estimate of drug-likeness (QED) is 0.336. The van der Waals surface area contributed by atoms with Crippen LogP contribution in [-0.4, -0.2) is 71.8 Å². The lowest BCUT2D eigenvalue weighted by Gasteiger charge is -2.35. The lowest BCUT2D eigenvalue weighted by atomic mass is 9.98. The van der Waals surface area contributed by atoms with E-state index in [9.17, 15) is 24.0 Å². The average molecular weight is 542 g/mol. The molecule has 11 heteroatoms. The molecule has 0 aromatic heterocycles. The summed E-state index contributed by atoms with van der Waals surface area (Å²) in [5.74, 6) is -1.29. The zero-order valence-corrected chi connectivity index (χ0v) is 22.7. The van der Waals surface area contributed by atoms with Gasteiger partial charge in [-0.05, 0) is 50.8 Å². The van der Waals surface area contributed by atoms with Crippen molar-refractivity contribution < 1.29 is 28.7 Å². The molecule has 3 heterocycles. The number of cyclic esters (lactones) is 1. The number of fused-ring (bicyclic) bond motifs is 1. The summed E-state index contributed by atoms with van der Waals surface area (Å²) in [6.45, 7) is 2.30. The van der Waals surface area contributed by atoms with E-state index in [0.29, 0.717) is 19.3 Å². The first-order valence-electron chi connectivity index (χ1n) is 13.9. The normalized spacial score (nSPS) is 25.6. The lowest BCUT2D eigenvalue weighted by molar-refractivity contribution is -0.148. The summed E-state index contributed by atoms with van der Waals surface area (Å²) in [4.78, 5) is 64.5. The third-order valence-corrected chi connectivity index (χ3v) is 7.88. The highest BCUT2D eigenvalue weighted by molar-refractivity contribution is 5.93. The molecule has 5 atom stereocenters. The van der Waals surface area contributed by atoms with Crippen LogP contribution >= 0.6 is 0 Å². The minimum atomic E-state index is -0.735. The molecular weight excluding hydrogens is 502 g/mol. The number of rotatable bonds is 9. The smallest absolute Gasteiger partial charge is 0.306 e. The molecule has 3 aliphatic heterocycles. The Hall–Kier alpha value is -3.47. The summed E-state index contributed by atoms with van der Waals surface area (Å²) in [5.41, 5.74) is 1.72. The standard InChI is InChI=1S/C28H39N5O6/c1-17(29-2)25(35)32-21-9-4-3-8-20-10-11-22(33(20)28(21)38)26(36)30-15-18-6-5-7-19(14-18)16-31-27(37)23-12-13-24(34)39-23/h5-7,14,17,20-23,29H,3-4,8-13,15-16H2,1-2H3,(H,30,36)(H,31,37)(H,32,35)/t17-,20-,21-,22-,23+/m0/s1. The van der Waals surface area contributed by atoms with Crippen LogP contribution in [0.1, 0.15) is 69.4 Å². The number of benzene rings is 1. The number of nitrogens with one attached hydrogen (secondary N) is 4. The van der Waals surface area contributed by atoms with Crippen LogP contribution in [0.15, 0.2) is 24.3 Å². The Labute approximate surface area is 228 Å². The van der Waals surface area contributed by atoms with Gasteiger partial charge in [0.15, 0.2) is 6.10 Å². The number of carbonyl (C=O) groups excluding carboxylic acids is 5. The summed E-state index contributed by atoms with van der Waals surface area (Å²) in [5, 5.41) is 11.6. The highest BCUT2D eigenvalue weighted by atomic mass is 16.6. The van der Waals surface area contributed by atoms with Crippen molar-refractivity contribution in [3.8, 4) is 0 Å². The van der Waals surface area contributed by atoms with E-state index in [2.05, 4.69) is 21.3 Å². The third-order valence-electron chi connectivity index (χ3n) is 7.88. The van der Waals surface area contributed by atoms with Gasteiger partial charge in [0.2, 0.25) is 17.7 Å². The van der Waals surface area contributed by atoms with Crippen LogP contribution in [0.5, 0.6) is 0 Å². The Morgan fingerprint density at radius 1 is 0.974 bits per heavy atom. The minimum Gasteiger partial charge on any atom is -0.452 e. The summed E-state index contributed by atoms with van der Waals surface area (Å²) >= 11 is 0. The molecule has 0 spiro atoms. The molecule has 0 radical (unpaired) electrons. The van der Waals surface area contributed by atoms with E-state index in [-0.39, 0.29) is 55.2 Å². The van der Waals surface area contributed by atoms with E-state index in [1.807, 2.05) is 24.3 Å². The van der Waals surface area contributed by atoms with Crippen LogP contribution in [0.25, 0.3) is 0 Å². The van der Waals surface area contributed by atoms with E-state index in [0.717, 1.165) is 36.8 Å². The summed E-state index contributed by atoms with van der Waals surface area (Å²) < 4.78 is 5.00. The van der Waals surface area contributed by atoms with Gasteiger partial charge >= 0.3 is 5.97 Å². The van der Waals surface area contributed by atoms with Gasteiger partial charge in [0, 0.05) is 32.0 Å². The number of carbonyl (C=O) groups is 5. The fourth-order valence-electron chi connectivity index (χ4n) is 5.52. The van der Waals surface area contributed by atoms with Crippen molar-refractivity contribution in [3.63, 3.8) is 0 Å². The van der Waals surface area contributed by atoms with Crippen molar-refractivity contribution >= 4 is 29.6 Å². The van der Waals surface area contributed by atoms with E-state index in [1.165, 1.54) is 0 Å². The van der Waals surface area contributed by atoms with Gasteiger partial charge in [-0.15, -0.1) is 0 Å². The molecule has 3 fully saturated rings. The summed E-state index contributed by atoms with van der Waals surface area (Å²) in [6.07, 6.45) is 4.49. The molecule has 0 bridgehead atoms. The third kappa shape index (κ3) is 7.14. The topological polar surface area (TPSA) is 146 Å². The van der Waals surface area contributed by atoms with E-state index >= 15 is 0 Å². The molecule has 0 unspecified atom stereocenters. The molecule has 3 aliphatic rings. The summed E-state index contributed by atoms with van der Waals surface area (Å²) in [6, 6.07) is 5.89. The molecule has 1 aromatic rings. The van der Waals surface area contributed by atoms with Gasteiger partial charge in [0.05, 0.1) is 6.04 Å². The van der Waals surface area contributed by atoms with Crippen molar-refractivity contribution in [3.05, 3.63) is 35.4 Å². The van der Waals surface area contributed by atoms with Gasteiger partial charge in [0.25, 0.3) is 5.91 Å². The second kappa shape index (κ2) is 13.1. The Morgan fingerprint density at radius 2 is 1.67 bits per heavy atom. The fourth-order valence-corrected chi connectivity index (χ4v) is 5.52. The molecule has 1 aromatic carbocycles. The number of hydrogen-bond acceptors (Lipinski definition) is 7. The SMILES string of the molecule is CN[C@@H](C)C(=O)N[C@H]1CCCC[C@H]2CC[C@@H](C(=O)NCc3cccc(CNC(=O)[C@H]4CCC(=O)O4)c3)N2C1=O. The highest BCUT2D eigenvalue weighted by Crippen LogP contribution is 2.31. The average Bonchev–Trinajstić information content (AvgIpc) is 3.56. The van der Waals surface area contributed by atoms with Crippen LogP contribution in [0.4, 0.5) is 0 Å². The molecule has 212 valence electrons. The molecule has 4 amide bonds. The Morgan fingerprint density at radius 3 is 2.33 bits per heavy atom. The monoisotopic (exact) mass is 541 g/mol. The van der Waals surface area contributed by atoms with Crippen molar-refractivity contribution in [2.75, 3.05) is 7.05 Å². The largest absolute Gasteiger partial charge is 0.452 e. The predicted octanol–water partition coefficient (Wildman–Crippen LogP) is 0.651. The van der Waals surface area contributed by atoms with E-state index in [4.69, 9.17) is 4.74 Å². The van der Waals surface area contributed by atoms with Gasteiger partial charge in [-0.25, -0.2) is 0 Å². The number of nitrogens with zero attached hydrogens (tertiary/aromatic N) is 1. The molecule has 3 saturated heterocycles. The molecule has 39 heavy (non-hydrogen) atoms. The van der Waals surface area contributed by atoms with Crippen molar-refractivity contribution in [1.29, 1.82) is 0 Å². The Kier molecular flexibility index (Phi) is 9.55. The first-order valence-corrected chi connectivity index (χ1v) is 13.9. The number of esters is 1. The Bertz CT molecular complexity index is 1090. The van der Waals surface area contributed by atoms with Gasteiger partial charge in [-0.2, -0.15) is 0 Å². The zero-order chi connectivity index (χ0) is 27.9. The number of hydrogen-bond donors (Lipinski definition) is 4. The maximum absolute atomic E-state index is 13.5. The van der Waals surface area contributed by atoms with Gasteiger partial charge in [-0.1, -0.05) is 37.1 Å². The predicted molar refractivity (Wildman–Crippen MR) is 142 cm³/mol. The fraction of sp³-hybridized carbons (Fsp3) is 0.607. The van der Waals surface area contributed by atoms with Gasteiger partial charge in [0.1, 0.15) is 12.1 Å². The number of amides is 4.